The Bertz CT molecular complexity index is 1570. The molecule has 7 nitrogen and oxygen atoms in total. The zero-order valence-electron chi connectivity index (χ0n) is 25.4. The summed E-state index contributed by atoms with van der Waals surface area (Å²) in [5, 5.41) is 7.42. The second kappa shape index (κ2) is 13.4. The molecule has 226 valence electrons. The Kier molecular flexibility index (Phi) is 9.46. The molecule has 5 rings (SSSR count). The van der Waals surface area contributed by atoms with Crippen molar-refractivity contribution in [1.82, 2.24) is 15.1 Å². The van der Waals surface area contributed by atoms with Crippen LogP contribution in [-0.2, 0) is 9.47 Å². The van der Waals surface area contributed by atoms with Gasteiger partial charge in [-0.2, -0.15) is 4.39 Å². The van der Waals surface area contributed by atoms with E-state index in [1.165, 1.54) is 0 Å². The average Bonchev–Trinajstić information content (AvgIpc) is 3.34. The van der Waals surface area contributed by atoms with Crippen molar-refractivity contribution in [2.45, 2.75) is 65.2 Å². The van der Waals surface area contributed by atoms with Crippen molar-refractivity contribution in [3.8, 4) is 5.75 Å². The summed E-state index contributed by atoms with van der Waals surface area (Å²) in [4.78, 5) is 11.9. The Morgan fingerprint density at radius 1 is 1.02 bits per heavy atom. The van der Waals surface area contributed by atoms with E-state index in [1.54, 1.807) is 4.68 Å². The van der Waals surface area contributed by atoms with E-state index in [9.17, 15) is 4.79 Å². The maximum atomic E-state index is 15.3. The summed E-state index contributed by atoms with van der Waals surface area (Å²) < 4.78 is 34.0. The van der Waals surface area contributed by atoms with Crippen molar-refractivity contribution in [3.63, 3.8) is 0 Å². The van der Waals surface area contributed by atoms with Crippen LogP contribution in [0.15, 0.2) is 72.8 Å². The molecule has 2 heterocycles. The molecule has 0 bridgehead atoms. The fourth-order valence-corrected chi connectivity index (χ4v) is 5.43. The van der Waals surface area contributed by atoms with Crippen LogP contribution in [0.2, 0.25) is 0 Å². The standard InChI is InChI=1S/C35H40FN3O4/c1-5-28(24-11-7-6-8-12-24)32(25-14-17-27(18-15-25)41-22-20-37-34(40)43-35(2,3)4)26-16-19-30-29(23-26)33(36)38-39(30)31-13-9-10-21-42-31/h6-8,11-12,14-19,23,31H,5,9-10,13,20-22H2,1-4H3,(H,37,40). The molecule has 0 spiro atoms. The maximum absolute atomic E-state index is 15.3. The molecule has 1 unspecified atom stereocenters. The predicted octanol–water partition coefficient (Wildman–Crippen LogP) is 8.15. The molecule has 43 heavy (non-hydrogen) atoms. The van der Waals surface area contributed by atoms with Crippen LogP contribution in [0.25, 0.3) is 22.0 Å². The van der Waals surface area contributed by atoms with Crippen LogP contribution in [0.1, 0.15) is 76.3 Å². The minimum absolute atomic E-state index is 0.246. The second-order valence-electron chi connectivity index (χ2n) is 11.7. The first-order chi connectivity index (χ1) is 20.7. The van der Waals surface area contributed by atoms with Crippen molar-refractivity contribution in [3.05, 3.63) is 95.4 Å². The molecule has 1 aliphatic heterocycles. The van der Waals surface area contributed by atoms with Crippen LogP contribution in [0, 0.1) is 5.95 Å². The van der Waals surface area contributed by atoms with Gasteiger partial charge in [0.1, 0.15) is 18.0 Å². The first kappa shape index (κ1) is 30.3. The molecule has 0 aliphatic carbocycles. The molecular formula is C35H40FN3O4. The number of alkyl carbamates (subject to hydrolysis) is 1. The highest BCUT2D eigenvalue weighted by Gasteiger charge is 2.23. The first-order valence-electron chi connectivity index (χ1n) is 15.0. The van der Waals surface area contributed by atoms with Crippen LogP contribution in [0.3, 0.4) is 0 Å². The predicted molar refractivity (Wildman–Crippen MR) is 167 cm³/mol. The molecular weight excluding hydrogens is 545 g/mol. The summed E-state index contributed by atoms with van der Waals surface area (Å²) >= 11 is 0. The summed E-state index contributed by atoms with van der Waals surface area (Å²) in [5.74, 6) is 0.189. The van der Waals surface area contributed by atoms with Crippen molar-refractivity contribution in [2.24, 2.45) is 0 Å². The topological polar surface area (TPSA) is 74.6 Å². The van der Waals surface area contributed by atoms with Crippen molar-refractivity contribution < 1.29 is 23.4 Å². The molecule has 0 radical (unpaired) electrons. The number of carbonyl (C=O) groups is 1. The van der Waals surface area contributed by atoms with Crippen LogP contribution >= 0.6 is 0 Å². The van der Waals surface area contributed by atoms with E-state index in [1.807, 2.05) is 81.4 Å². The third kappa shape index (κ3) is 7.43. The van der Waals surface area contributed by atoms with Gasteiger partial charge in [0.2, 0.25) is 5.95 Å². The number of amides is 1. The maximum Gasteiger partial charge on any atom is 0.407 e. The molecule has 1 atom stereocenters. The molecule has 1 saturated heterocycles. The van der Waals surface area contributed by atoms with Crippen molar-refractivity contribution in [2.75, 3.05) is 19.8 Å². The van der Waals surface area contributed by atoms with Gasteiger partial charge in [0.25, 0.3) is 0 Å². The number of aromatic nitrogens is 2. The minimum atomic E-state index is -0.552. The van der Waals surface area contributed by atoms with Gasteiger partial charge in [0.15, 0.2) is 6.23 Å². The van der Waals surface area contributed by atoms with E-state index in [-0.39, 0.29) is 6.23 Å². The van der Waals surface area contributed by atoms with E-state index in [0.29, 0.717) is 30.9 Å². The minimum Gasteiger partial charge on any atom is -0.492 e. The van der Waals surface area contributed by atoms with Crippen molar-refractivity contribution >= 4 is 28.1 Å². The Hall–Kier alpha value is -4.17. The second-order valence-corrected chi connectivity index (χ2v) is 11.7. The number of benzene rings is 3. The number of ether oxygens (including phenoxy) is 3. The number of hydrogen-bond donors (Lipinski definition) is 1. The SMILES string of the molecule is CCC(=C(c1ccc(OCCNC(=O)OC(C)(C)C)cc1)c1ccc2c(c1)c(F)nn2C1CCCCO1)c1ccccc1. The van der Waals surface area contributed by atoms with E-state index in [0.717, 1.165) is 59.0 Å². The lowest BCUT2D eigenvalue weighted by atomic mass is 9.88. The third-order valence-electron chi connectivity index (χ3n) is 7.34. The summed E-state index contributed by atoms with van der Waals surface area (Å²) in [6.45, 7) is 8.89. The highest BCUT2D eigenvalue weighted by atomic mass is 19.1. The van der Waals surface area contributed by atoms with Gasteiger partial charge in [0, 0.05) is 6.61 Å². The number of carbonyl (C=O) groups excluding carboxylic acids is 1. The van der Waals surface area contributed by atoms with E-state index >= 15 is 4.39 Å². The summed E-state index contributed by atoms with van der Waals surface area (Å²) in [6, 6.07) is 24.0. The van der Waals surface area contributed by atoms with Gasteiger partial charge >= 0.3 is 6.09 Å². The number of fused-ring (bicyclic) bond motifs is 1. The van der Waals surface area contributed by atoms with Crippen LogP contribution in [0.4, 0.5) is 9.18 Å². The smallest absolute Gasteiger partial charge is 0.407 e. The highest BCUT2D eigenvalue weighted by molar-refractivity contribution is 6.00. The van der Waals surface area contributed by atoms with Crippen LogP contribution < -0.4 is 10.1 Å². The number of rotatable bonds is 9. The van der Waals surface area contributed by atoms with Gasteiger partial charge in [-0.3, -0.25) is 0 Å². The Balaban J connectivity index is 1.44. The molecule has 3 aromatic carbocycles. The highest BCUT2D eigenvalue weighted by Crippen LogP contribution is 2.37. The largest absolute Gasteiger partial charge is 0.492 e. The summed E-state index contributed by atoms with van der Waals surface area (Å²) in [5.41, 5.74) is 5.36. The fourth-order valence-electron chi connectivity index (χ4n) is 5.43. The molecule has 0 saturated carbocycles. The van der Waals surface area contributed by atoms with Crippen LogP contribution in [-0.4, -0.2) is 41.2 Å². The average molecular weight is 586 g/mol. The summed E-state index contributed by atoms with van der Waals surface area (Å²) in [6.07, 6.45) is 2.94. The van der Waals surface area contributed by atoms with Gasteiger partial charge in [0.05, 0.1) is 17.4 Å². The molecule has 1 fully saturated rings. The van der Waals surface area contributed by atoms with Crippen LogP contribution in [0.5, 0.6) is 5.75 Å². The van der Waals surface area contributed by atoms with Gasteiger partial charge in [-0.05, 0) is 98.6 Å². The van der Waals surface area contributed by atoms with Gasteiger partial charge in [-0.15, -0.1) is 5.10 Å². The van der Waals surface area contributed by atoms with Gasteiger partial charge < -0.3 is 19.5 Å². The number of hydrogen-bond acceptors (Lipinski definition) is 5. The zero-order chi connectivity index (χ0) is 30.4. The lowest BCUT2D eigenvalue weighted by Crippen LogP contribution is -2.34. The molecule has 1 aromatic heterocycles. The van der Waals surface area contributed by atoms with E-state index in [2.05, 4.69) is 29.5 Å². The number of nitrogens with one attached hydrogen (secondary N) is 1. The number of allylic oxidation sites excluding steroid dienone is 1. The van der Waals surface area contributed by atoms with Crippen molar-refractivity contribution in [1.29, 1.82) is 0 Å². The molecule has 1 N–H and O–H groups in total. The first-order valence-corrected chi connectivity index (χ1v) is 15.0. The fraction of sp³-hybridized carbons (Fsp3) is 0.371. The Morgan fingerprint density at radius 3 is 2.44 bits per heavy atom. The normalized spacial score (nSPS) is 16.1. The third-order valence-corrected chi connectivity index (χ3v) is 7.34. The van der Waals surface area contributed by atoms with Gasteiger partial charge in [-0.25, -0.2) is 9.48 Å². The Morgan fingerprint density at radius 2 is 1.77 bits per heavy atom. The zero-order valence-corrected chi connectivity index (χ0v) is 25.4. The summed E-state index contributed by atoms with van der Waals surface area (Å²) in [7, 11) is 0. The number of nitrogens with zero attached hydrogens (tertiary/aromatic N) is 2. The Labute approximate surface area is 252 Å². The van der Waals surface area contributed by atoms with E-state index in [4.69, 9.17) is 14.2 Å². The quantitative estimate of drug-likeness (QED) is 0.159. The molecule has 1 amide bonds. The monoisotopic (exact) mass is 585 g/mol. The molecule has 4 aromatic rings. The lowest BCUT2D eigenvalue weighted by Gasteiger charge is -2.23. The molecule has 1 aliphatic rings. The van der Waals surface area contributed by atoms with E-state index < -0.39 is 17.6 Å². The van der Waals surface area contributed by atoms with Gasteiger partial charge in [-0.1, -0.05) is 55.5 Å². The lowest BCUT2D eigenvalue weighted by molar-refractivity contribution is -0.0375. The molecule has 8 heteroatoms. The number of halogens is 1.